The molecule has 0 bridgehead atoms. The third kappa shape index (κ3) is 2.92. The van der Waals surface area contributed by atoms with E-state index >= 15 is 0 Å². The number of nitrogens with zero attached hydrogens (tertiary/aromatic N) is 1. The molecule has 1 amide bonds. The van der Waals surface area contributed by atoms with Crippen molar-refractivity contribution in [3.8, 4) is 0 Å². The zero-order chi connectivity index (χ0) is 13.1. The maximum Gasteiger partial charge on any atom is 0.246 e. The maximum absolute atomic E-state index is 12.0. The van der Waals surface area contributed by atoms with Crippen LogP contribution in [0.25, 0.3) is 5.57 Å². The van der Waals surface area contributed by atoms with Gasteiger partial charge < -0.3 is 10.0 Å². The minimum atomic E-state index is -0.386. The number of amides is 1. The van der Waals surface area contributed by atoms with Crippen molar-refractivity contribution in [1.29, 1.82) is 0 Å². The second-order valence-electron chi connectivity index (χ2n) is 4.53. The monoisotopic (exact) mass is 265 g/mol. The summed E-state index contributed by atoms with van der Waals surface area (Å²) in [5, 5.41) is 10.0. The van der Waals surface area contributed by atoms with Crippen molar-refractivity contribution in [2.75, 3.05) is 13.1 Å². The predicted molar refractivity (Wildman–Crippen MR) is 72.3 cm³/mol. The highest BCUT2D eigenvalue weighted by Crippen LogP contribution is 2.23. The Morgan fingerprint density at radius 2 is 2.22 bits per heavy atom. The van der Waals surface area contributed by atoms with Crippen molar-refractivity contribution >= 4 is 23.1 Å². The number of halogens is 1. The molecule has 1 aromatic carbocycles. The Kier molecular flexibility index (Phi) is 4.04. The molecule has 0 saturated carbocycles. The molecule has 1 aliphatic rings. The van der Waals surface area contributed by atoms with Crippen molar-refractivity contribution < 1.29 is 9.90 Å². The number of carbonyl (C=O) groups excluding carboxylic acids is 1. The highest BCUT2D eigenvalue weighted by atomic mass is 35.5. The van der Waals surface area contributed by atoms with E-state index in [0.717, 1.165) is 11.1 Å². The molecular weight excluding hydrogens is 250 g/mol. The lowest BCUT2D eigenvalue weighted by atomic mass is 10.1. The molecule has 96 valence electrons. The van der Waals surface area contributed by atoms with E-state index in [1.807, 2.05) is 25.1 Å². The molecule has 4 heteroatoms. The SMILES string of the molecule is CC(=CC(=O)N1CC[C@@H](O)C1)c1ccccc1Cl. The zero-order valence-corrected chi connectivity index (χ0v) is 11.0. The Bertz CT molecular complexity index is 484. The van der Waals surface area contributed by atoms with E-state index in [-0.39, 0.29) is 12.0 Å². The van der Waals surface area contributed by atoms with Crippen LogP contribution < -0.4 is 0 Å². The fourth-order valence-electron chi connectivity index (χ4n) is 2.08. The Morgan fingerprint density at radius 3 is 2.83 bits per heavy atom. The molecule has 1 heterocycles. The lowest BCUT2D eigenvalue weighted by Crippen LogP contribution is -2.27. The number of benzene rings is 1. The first kappa shape index (κ1) is 13.1. The number of rotatable bonds is 2. The summed E-state index contributed by atoms with van der Waals surface area (Å²) in [5.41, 5.74) is 1.71. The van der Waals surface area contributed by atoms with Gasteiger partial charge in [0, 0.05) is 24.2 Å². The van der Waals surface area contributed by atoms with Gasteiger partial charge in [-0.15, -0.1) is 0 Å². The van der Waals surface area contributed by atoms with Gasteiger partial charge in [0.1, 0.15) is 0 Å². The number of aliphatic hydroxyl groups is 1. The van der Waals surface area contributed by atoms with Gasteiger partial charge in [0.05, 0.1) is 6.10 Å². The highest BCUT2D eigenvalue weighted by Gasteiger charge is 2.23. The number of hydrogen-bond acceptors (Lipinski definition) is 2. The molecule has 0 aromatic heterocycles. The molecule has 1 N–H and O–H groups in total. The average molecular weight is 266 g/mol. The first-order chi connectivity index (χ1) is 8.58. The molecule has 0 spiro atoms. The van der Waals surface area contributed by atoms with Gasteiger partial charge in [-0.25, -0.2) is 0 Å². The summed E-state index contributed by atoms with van der Waals surface area (Å²) in [6, 6.07) is 7.44. The lowest BCUT2D eigenvalue weighted by Gasteiger charge is -2.13. The van der Waals surface area contributed by atoms with Crippen LogP contribution >= 0.6 is 11.6 Å². The van der Waals surface area contributed by atoms with E-state index in [1.165, 1.54) is 0 Å². The number of β-amino-alcohol motifs (C(OH)–C–C–N with tert-alkyl or cyclic N) is 1. The summed E-state index contributed by atoms with van der Waals surface area (Å²) in [5.74, 6) is -0.0658. The van der Waals surface area contributed by atoms with E-state index in [9.17, 15) is 9.90 Å². The summed E-state index contributed by atoms with van der Waals surface area (Å²) in [7, 11) is 0. The standard InChI is InChI=1S/C14H16ClNO2/c1-10(12-4-2-3-5-13(12)15)8-14(18)16-7-6-11(17)9-16/h2-5,8,11,17H,6-7,9H2,1H3/t11-/m1/s1. The van der Waals surface area contributed by atoms with Crippen molar-refractivity contribution in [1.82, 2.24) is 4.90 Å². The first-order valence-electron chi connectivity index (χ1n) is 5.98. The van der Waals surface area contributed by atoms with Gasteiger partial charge >= 0.3 is 0 Å². The molecule has 1 aliphatic heterocycles. The van der Waals surface area contributed by atoms with Crippen LogP contribution in [0, 0.1) is 0 Å². The Balaban J connectivity index is 2.13. The van der Waals surface area contributed by atoms with E-state index in [4.69, 9.17) is 11.6 Å². The topological polar surface area (TPSA) is 40.5 Å². The molecule has 2 rings (SSSR count). The van der Waals surface area contributed by atoms with Gasteiger partial charge in [0.2, 0.25) is 5.91 Å². The molecular formula is C14H16ClNO2. The normalized spacial score (nSPS) is 20.3. The maximum atomic E-state index is 12.0. The van der Waals surface area contributed by atoms with Crippen LogP contribution in [0.4, 0.5) is 0 Å². The summed E-state index contributed by atoms with van der Waals surface area (Å²) in [4.78, 5) is 13.6. The number of carbonyl (C=O) groups is 1. The molecule has 1 fully saturated rings. The van der Waals surface area contributed by atoms with Crippen LogP contribution in [0.2, 0.25) is 5.02 Å². The van der Waals surface area contributed by atoms with E-state index in [2.05, 4.69) is 0 Å². The van der Waals surface area contributed by atoms with Gasteiger partial charge in [0.25, 0.3) is 0 Å². The minimum absolute atomic E-state index is 0.0658. The second-order valence-corrected chi connectivity index (χ2v) is 4.94. The van der Waals surface area contributed by atoms with Crippen LogP contribution in [-0.2, 0) is 4.79 Å². The van der Waals surface area contributed by atoms with Crippen LogP contribution in [0.1, 0.15) is 18.9 Å². The second kappa shape index (κ2) is 5.55. The minimum Gasteiger partial charge on any atom is -0.391 e. The average Bonchev–Trinajstić information content (AvgIpc) is 2.76. The summed E-state index contributed by atoms with van der Waals surface area (Å²) in [6.07, 6.45) is 1.85. The largest absolute Gasteiger partial charge is 0.391 e. The molecule has 0 unspecified atom stereocenters. The van der Waals surface area contributed by atoms with Gasteiger partial charge in [0.15, 0.2) is 0 Å². The van der Waals surface area contributed by atoms with Crippen molar-refractivity contribution in [3.05, 3.63) is 40.9 Å². The number of allylic oxidation sites excluding steroid dienone is 1. The summed E-state index contributed by atoms with van der Waals surface area (Å²) in [6.45, 7) is 2.91. The highest BCUT2D eigenvalue weighted by molar-refractivity contribution is 6.32. The number of likely N-dealkylation sites (tertiary alicyclic amines) is 1. The van der Waals surface area contributed by atoms with E-state index in [0.29, 0.717) is 24.5 Å². The fraction of sp³-hybridized carbons (Fsp3) is 0.357. The van der Waals surface area contributed by atoms with Gasteiger partial charge in [-0.2, -0.15) is 0 Å². The van der Waals surface area contributed by atoms with Crippen LogP contribution in [0.3, 0.4) is 0 Å². The Hall–Kier alpha value is -1.32. The number of hydrogen-bond donors (Lipinski definition) is 1. The third-order valence-corrected chi connectivity index (χ3v) is 3.44. The first-order valence-corrected chi connectivity index (χ1v) is 6.36. The molecule has 18 heavy (non-hydrogen) atoms. The van der Waals surface area contributed by atoms with E-state index < -0.39 is 0 Å². The molecule has 3 nitrogen and oxygen atoms in total. The van der Waals surface area contributed by atoms with Crippen LogP contribution in [-0.4, -0.2) is 35.1 Å². The fourth-order valence-corrected chi connectivity index (χ4v) is 2.36. The van der Waals surface area contributed by atoms with E-state index in [1.54, 1.807) is 17.0 Å². The van der Waals surface area contributed by atoms with Gasteiger partial charge in [-0.05, 0) is 30.5 Å². The van der Waals surface area contributed by atoms with Crippen molar-refractivity contribution in [3.63, 3.8) is 0 Å². The van der Waals surface area contributed by atoms with Crippen LogP contribution in [0.15, 0.2) is 30.3 Å². The summed E-state index contributed by atoms with van der Waals surface area (Å²) >= 11 is 6.08. The molecule has 1 aromatic rings. The van der Waals surface area contributed by atoms with Crippen molar-refractivity contribution in [2.24, 2.45) is 0 Å². The van der Waals surface area contributed by atoms with Gasteiger partial charge in [-0.1, -0.05) is 29.8 Å². The lowest BCUT2D eigenvalue weighted by molar-refractivity contribution is -0.125. The van der Waals surface area contributed by atoms with Crippen LogP contribution in [0.5, 0.6) is 0 Å². The summed E-state index contributed by atoms with van der Waals surface area (Å²) < 4.78 is 0. The molecule has 1 saturated heterocycles. The molecule has 1 atom stereocenters. The number of aliphatic hydroxyl groups excluding tert-OH is 1. The quantitative estimate of drug-likeness (QED) is 0.834. The Labute approximate surface area is 112 Å². The van der Waals surface area contributed by atoms with Crippen molar-refractivity contribution in [2.45, 2.75) is 19.4 Å². The predicted octanol–water partition coefficient (Wildman–Crippen LogP) is 2.34. The smallest absolute Gasteiger partial charge is 0.246 e. The molecule has 0 radical (unpaired) electrons. The zero-order valence-electron chi connectivity index (χ0n) is 10.3. The molecule has 0 aliphatic carbocycles. The Morgan fingerprint density at radius 1 is 1.50 bits per heavy atom. The third-order valence-electron chi connectivity index (χ3n) is 3.11. The van der Waals surface area contributed by atoms with Gasteiger partial charge in [-0.3, -0.25) is 4.79 Å².